The van der Waals surface area contributed by atoms with Crippen LogP contribution in [0.15, 0.2) is 30.5 Å². The molecule has 0 saturated carbocycles. The summed E-state index contributed by atoms with van der Waals surface area (Å²) >= 11 is 0. The Bertz CT molecular complexity index is 875. The SMILES string of the molecule is CNC(=O)C(CCC(=O)C=N)NC(=O)CNC(C)=O.Cc1c[nH]c2ccccc12. The predicted octanol–water partition coefficient (Wildman–Crippen LogP) is 0.828. The number of fused-ring (bicyclic) bond motifs is 1. The second-order valence-corrected chi connectivity index (χ2v) is 6.31. The van der Waals surface area contributed by atoms with Crippen molar-refractivity contribution in [1.29, 1.82) is 5.41 Å². The van der Waals surface area contributed by atoms with Gasteiger partial charge < -0.3 is 26.3 Å². The zero-order valence-electron chi connectivity index (χ0n) is 16.8. The molecule has 156 valence electrons. The first-order valence-electron chi connectivity index (χ1n) is 9.09. The van der Waals surface area contributed by atoms with E-state index in [1.54, 1.807) is 0 Å². The van der Waals surface area contributed by atoms with E-state index in [1.165, 1.54) is 30.4 Å². The van der Waals surface area contributed by atoms with Gasteiger partial charge in [0.05, 0.1) is 12.8 Å². The highest BCUT2D eigenvalue weighted by Crippen LogP contribution is 2.15. The molecule has 1 heterocycles. The molecule has 2 aromatic rings. The highest BCUT2D eigenvalue weighted by atomic mass is 16.2. The largest absolute Gasteiger partial charge is 0.361 e. The van der Waals surface area contributed by atoms with Gasteiger partial charge in [-0.2, -0.15) is 0 Å². The van der Waals surface area contributed by atoms with E-state index < -0.39 is 23.6 Å². The number of hydrogen-bond donors (Lipinski definition) is 5. The molecule has 0 radical (unpaired) electrons. The molecule has 29 heavy (non-hydrogen) atoms. The Hall–Kier alpha value is -3.49. The van der Waals surface area contributed by atoms with E-state index in [-0.39, 0.29) is 25.3 Å². The number of para-hydroxylation sites is 1. The van der Waals surface area contributed by atoms with Crippen LogP contribution in [0.3, 0.4) is 0 Å². The van der Waals surface area contributed by atoms with Crippen molar-refractivity contribution in [2.24, 2.45) is 0 Å². The van der Waals surface area contributed by atoms with Gasteiger partial charge in [0.15, 0.2) is 5.78 Å². The number of carbonyl (C=O) groups excluding carboxylic acids is 4. The summed E-state index contributed by atoms with van der Waals surface area (Å²) < 4.78 is 0. The average molecular weight is 401 g/mol. The molecule has 1 aromatic carbocycles. The third kappa shape index (κ3) is 8.37. The summed E-state index contributed by atoms with van der Waals surface area (Å²) in [5.74, 6) is -1.74. The van der Waals surface area contributed by atoms with Gasteiger partial charge in [-0.1, -0.05) is 18.2 Å². The quantitative estimate of drug-likeness (QED) is 0.417. The molecular weight excluding hydrogens is 374 g/mol. The van der Waals surface area contributed by atoms with Crippen LogP contribution in [0.25, 0.3) is 10.9 Å². The number of H-pyrrole nitrogens is 1. The average Bonchev–Trinajstić information content (AvgIpc) is 3.10. The minimum Gasteiger partial charge on any atom is -0.361 e. The summed E-state index contributed by atoms with van der Waals surface area (Å²) in [7, 11) is 1.41. The fourth-order valence-electron chi connectivity index (χ4n) is 2.47. The number of aryl methyl sites for hydroxylation is 1. The topological polar surface area (TPSA) is 144 Å². The lowest BCUT2D eigenvalue weighted by molar-refractivity contribution is -0.129. The molecule has 0 aliphatic heterocycles. The Morgan fingerprint density at radius 3 is 2.48 bits per heavy atom. The zero-order valence-corrected chi connectivity index (χ0v) is 16.8. The van der Waals surface area contributed by atoms with Gasteiger partial charge in [0.1, 0.15) is 6.04 Å². The predicted molar refractivity (Wildman–Crippen MR) is 111 cm³/mol. The molecule has 0 bridgehead atoms. The summed E-state index contributed by atoms with van der Waals surface area (Å²) in [4.78, 5) is 47.8. The molecular formula is C20H27N5O4. The van der Waals surface area contributed by atoms with E-state index in [0.29, 0.717) is 6.21 Å². The monoisotopic (exact) mass is 401 g/mol. The van der Waals surface area contributed by atoms with E-state index in [9.17, 15) is 19.2 Å². The Morgan fingerprint density at radius 2 is 1.90 bits per heavy atom. The fourth-order valence-corrected chi connectivity index (χ4v) is 2.47. The van der Waals surface area contributed by atoms with E-state index in [1.807, 2.05) is 12.3 Å². The van der Waals surface area contributed by atoms with Crippen molar-refractivity contribution in [1.82, 2.24) is 20.9 Å². The summed E-state index contributed by atoms with van der Waals surface area (Å²) in [6, 6.07) is 7.44. The Labute approximate surface area is 169 Å². The molecule has 3 amide bonds. The lowest BCUT2D eigenvalue weighted by Gasteiger charge is -2.16. The van der Waals surface area contributed by atoms with Crippen molar-refractivity contribution >= 4 is 40.6 Å². The molecule has 2 rings (SSSR count). The van der Waals surface area contributed by atoms with Crippen LogP contribution in [0.4, 0.5) is 0 Å². The third-order valence-electron chi connectivity index (χ3n) is 4.03. The van der Waals surface area contributed by atoms with Crippen molar-refractivity contribution in [2.75, 3.05) is 13.6 Å². The summed E-state index contributed by atoms with van der Waals surface area (Å²) in [5.41, 5.74) is 2.54. The minimum absolute atomic E-state index is 0.0119. The maximum absolute atomic E-state index is 11.5. The van der Waals surface area contributed by atoms with E-state index >= 15 is 0 Å². The smallest absolute Gasteiger partial charge is 0.242 e. The molecule has 0 spiro atoms. The van der Waals surface area contributed by atoms with Crippen molar-refractivity contribution in [3.8, 4) is 0 Å². The number of hydrogen-bond acceptors (Lipinski definition) is 5. The first-order valence-corrected chi connectivity index (χ1v) is 9.09. The first kappa shape index (κ1) is 23.5. The number of nitrogens with one attached hydrogen (secondary N) is 5. The second-order valence-electron chi connectivity index (χ2n) is 6.31. The number of aromatic nitrogens is 1. The molecule has 1 atom stereocenters. The van der Waals surface area contributed by atoms with Crippen molar-refractivity contribution in [2.45, 2.75) is 32.7 Å². The Balaban J connectivity index is 0.000000345. The number of amides is 3. The first-order chi connectivity index (χ1) is 13.8. The summed E-state index contributed by atoms with van der Waals surface area (Å²) in [5, 5.41) is 15.1. The van der Waals surface area contributed by atoms with Crippen molar-refractivity contribution in [3.63, 3.8) is 0 Å². The van der Waals surface area contributed by atoms with Gasteiger partial charge in [-0.15, -0.1) is 0 Å². The van der Waals surface area contributed by atoms with Crippen LogP contribution >= 0.6 is 0 Å². The standard InChI is InChI=1S/C11H18N4O4.C9H9N/c1-7(16)14-6-10(18)15-9(11(19)13-2)4-3-8(17)5-12;1-7-6-10-9-5-3-2-4-8(7)9/h5,9,12H,3-4,6H2,1-2H3,(H,13,19)(H,14,16)(H,15,18);2-6,10H,1H3. The molecule has 0 aliphatic rings. The second kappa shape index (κ2) is 12.1. The molecule has 0 aliphatic carbocycles. The van der Waals surface area contributed by atoms with Crippen LogP contribution in [0.2, 0.25) is 0 Å². The van der Waals surface area contributed by atoms with Crippen LogP contribution in [0.1, 0.15) is 25.3 Å². The van der Waals surface area contributed by atoms with Gasteiger partial charge in [0.2, 0.25) is 17.7 Å². The third-order valence-corrected chi connectivity index (χ3v) is 4.03. The number of rotatable bonds is 8. The number of benzene rings is 1. The zero-order chi connectivity index (χ0) is 21.8. The van der Waals surface area contributed by atoms with Gasteiger partial charge in [0.25, 0.3) is 0 Å². The van der Waals surface area contributed by atoms with Crippen LogP contribution in [0, 0.1) is 12.3 Å². The summed E-state index contributed by atoms with van der Waals surface area (Å²) in [6.45, 7) is 3.15. The Morgan fingerprint density at radius 1 is 1.21 bits per heavy atom. The maximum atomic E-state index is 11.5. The van der Waals surface area contributed by atoms with Crippen LogP contribution < -0.4 is 16.0 Å². The molecule has 9 heteroatoms. The molecule has 1 aromatic heterocycles. The van der Waals surface area contributed by atoms with Crippen molar-refractivity contribution in [3.05, 3.63) is 36.0 Å². The van der Waals surface area contributed by atoms with Crippen molar-refractivity contribution < 1.29 is 19.2 Å². The maximum Gasteiger partial charge on any atom is 0.242 e. The normalized spacial score (nSPS) is 10.9. The van der Waals surface area contributed by atoms with Gasteiger partial charge in [-0.05, 0) is 25.0 Å². The lowest BCUT2D eigenvalue weighted by atomic mass is 10.1. The molecule has 9 nitrogen and oxygen atoms in total. The molecule has 0 saturated heterocycles. The molecule has 1 unspecified atom stereocenters. The number of aromatic amines is 1. The van der Waals surface area contributed by atoms with Gasteiger partial charge in [-0.3, -0.25) is 19.2 Å². The van der Waals surface area contributed by atoms with Crippen LogP contribution in [-0.2, 0) is 19.2 Å². The highest BCUT2D eigenvalue weighted by Gasteiger charge is 2.20. The van der Waals surface area contributed by atoms with Crippen LogP contribution in [-0.4, -0.2) is 54.3 Å². The van der Waals surface area contributed by atoms with Gasteiger partial charge >= 0.3 is 0 Å². The number of carbonyl (C=O) groups is 4. The fraction of sp³-hybridized carbons (Fsp3) is 0.350. The number of Topliss-reactive ketones (excluding diaryl/α,β-unsaturated/α-hetero) is 1. The van der Waals surface area contributed by atoms with E-state index in [2.05, 4.69) is 46.1 Å². The van der Waals surface area contributed by atoms with Gasteiger partial charge in [0, 0.05) is 37.5 Å². The molecule has 5 N–H and O–H groups in total. The van der Waals surface area contributed by atoms with E-state index in [4.69, 9.17) is 5.41 Å². The number of ketones is 1. The minimum atomic E-state index is -0.866. The van der Waals surface area contributed by atoms with Crippen LogP contribution in [0.5, 0.6) is 0 Å². The summed E-state index contributed by atoms with van der Waals surface area (Å²) in [6.07, 6.45) is 2.78. The highest BCUT2D eigenvalue weighted by molar-refractivity contribution is 6.26. The molecule has 0 fully saturated rings. The Kier molecular flexibility index (Phi) is 9.80. The number of likely N-dealkylation sites (N-methyl/N-ethyl adjacent to an activating group) is 1. The van der Waals surface area contributed by atoms with Gasteiger partial charge in [-0.25, -0.2) is 0 Å². The van der Waals surface area contributed by atoms with E-state index in [0.717, 1.165) is 0 Å². The lowest BCUT2D eigenvalue weighted by Crippen LogP contribution is -2.48.